The van der Waals surface area contributed by atoms with Crippen LogP contribution in [0.5, 0.6) is 17.2 Å². The van der Waals surface area contributed by atoms with Gasteiger partial charge in [-0.2, -0.15) is 5.10 Å². The van der Waals surface area contributed by atoms with E-state index in [0.29, 0.717) is 58.7 Å². The average molecular weight is 622 g/mol. The summed E-state index contributed by atoms with van der Waals surface area (Å²) in [6.07, 6.45) is 3.75. The van der Waals surface area contributed by atoms with Crippen molar-refractivity contribution in [2.24, 2.45) is 11.0 Å². The van der Waals surface area contributed by atoms with Gasteiger partial charge in [0.1, 0.15) is 10.8 Å². The number of esters is 2. The molecule has 12 heteroatoms. The smallest absolute Gasteiger partial charge is 0.343 e. The standard InChI is InChI=1S/C32H35N3O8S/c1-5-40-22-12-10-21(11-13-22)31(38)43-24-15-9-20(17-25(24)41-6-2)18-33-35-29(37)28(36)34-30-27(32(39)42-7-3)23-14-8-19(4)16-26(23)44-30/h9-13,15,17-19H,5-8,14,16H2,1-4H3,(H,34,36)(H,35,37)/b33-18-/t19-/m0/s1. The Kier molecular flexibility index (Phi) is 11.1. The van der Waals surface area contributed by atoms with Crippen molar-refractivity contribution in [2.45, 2.75) is 47.0 Å². The highest BCUT2D eigenvalue weighted by molar-refractivity contribution is 7.17. The summed E-state index contributed by atoms with van der Waals surface area (Å²) in [5, 5.41) is 6.74. The Hall–Kier alpha value is -4.71. The second-order valence-electron chi connectivity index (χ2n) is 9.92. The lowest BCUT2D eigenvalue weighted by Crippen LogP contribution is -2.32. The van der Waals surface area contributed by atoms with E-state index in [2.05, 4.69) is 22.8 Å². The van der Waals surface area contributed by atoms with Gasteiger partial charge in [-0.1, -0.05) is 6.92 Å². The molecule has 0 bridgehead atoms. The molecule has 2 N–H and O–H groups in total. The van der Waals surface area contributed by atoms with Crippen molar-refractivity contribution in [3.05, 3.63) is 69.6 Å². The van der Waals surface area contributed by atoms with Gasteiger partial charge in [-0.25, -0.2) is 15.0 Å². The fraction of sp³-hybridized carbons (Fsp3) is 0.344. The van der Waals surface area contributed by atoms with Crippen LogP contribution in [0.2, 0.25) is 0 Å². The molecule has 3 aromatic rings. The average Bonchev–Trinajstić information content (AvgIpc) is 3.35. The molecule has 0 saturated heterocycles. The fourth-order valence-electron chi connectivity index (χ4n) is 4.60. The third-order valence-corrected chi connectivity index (χ3v) is 7.85. The number of thiophene rings is 1. The first kappa shape index (κ1) is 32.2. The van der Waals surface area contributed by atoms with Crippen LogP contribution in [0, 0.1) is 5.92 Å². The number of hydrogen-bond acceptors (Lipinski definition) is 10. The molecule has 2 amide bonds. The van der Waals surface area contributed by atoms with Crippen LogP contribution in [0.15, 0.2) is 47.6 Å². The summed E-state index contributed by atoms with van der Waals surface area (Å²) in [7, 11) is 0. The zero-order chi connectivity index (χ0) is 31.6. The zero-order valence-corrected chi connectivity index (χ0v) is 25.9. The van der Waals surface area contributed by atoms with E-state index in [1.165, 1.54) is 17.6 Å². The maximum atomic E-state index is 12.7. The number of anilines is 1. The molecular weight excluding hydrogens is 586 g/mol. The molecule has 0 spiro atoms. The number of carbonyl (C=O) groups excluding carboxylic acids is 4. The predicted molar refractivity (Wildman–Crippen MR) is 166 cm³/mol. The van der Waals surface area contributed by atoms with Crippen molar-refractivity contribution in [1.29, 1.82) is 0 Å². The molecule has 232 valence electrons. The largest absolute Gasteiger partial charge is 0.494 e. The number of benzene rings is 2. The van der Waals surface area contributed by atoms with E-state index in [0.717, 1.165) is 23.3 Å². The zero-order valence-electron chi connectivity index (χ0n) is 25.1. The van der Waals surface area contributed by atoms with Crippen molar-refractivity contribution >= 4 is 46.3 Å². The van der Waals surface area contributed by atoms with Gasteiger partial charge < -0.3 is 24.3 Å². The minimum absolute atomic E-state index is 0.194. The van der Waals surface area contributed by atoms with Crippen LogP contribution in [0.25, 0.3) is 0 Å². The number of carbonyl (C=O) groups is 4. The second-order valence-corrected chi connectivity index (χ2v) is 11.0. The van der Waals surface area contributed by atoms with Crippen LogP contribution >= 0.6 is 11.3 Å². The van der Waals surface area contributed by atoms with Gasteiger partial charge in [0.25, 0.3) is 0 Å². The molecule has 0 radical (unpaired) electrons. The van der Waals surface area contributed by atoms with Gasteiger partial charge in [0.05, 0.1) is 37.2 Å². The summed E-state index contributed by atoms with van der Waals surface area (Å²) < 4.78 is 21.8. The van der Waals surface area contributed by atoms with E-state index in [-0.39, 0.29) is 12.4 Å². The molecule has 0 saturated carbocycles. The molecule has 1 aliphatic rings. The molecule has 4 rings (SSSR count). The Morgan fingerprint density at radius 2 is 1.68 bits per heavy atom. The highest BCUT2D eigenvalue weighted by Crippen LogP contribution is 2.40. The van der Waals surface area contributed by atoms with Gasteiger partial charge in [0, 0.05) is 4.88 Å². The molecule has 1 aliphatic carbocycles. The summed E-state index contributed by atoms with van der Waals surface area (Å²) in [6, 6.07) is 11.3. The highest BCUT2D eigenvalue weighted by atomic mass is 32.1. The maximum Gasteiger partial charge on any atom is 0.343 e. The molecule has 0 fully saturated rings. The minimum atomic E-state index is -1.01. The first-order valence-electron chi connectivity index (χ1n) is 14.4. The fourth-order valence-corrected chi connectivity index (χ4v) is 6.00. The van der Waals surface area contributed by atoms with E-state index in [1.54, 1.807) is 56.3 Å². The van der Waals surface area contributed by atoms with Gasteiger partial charge in [-0.3, -0.25) is 9.59 Å². The number of amides is 2. The Morgan fingerprint density at radius 1 is 0.932 bits per heavy atom. The minimum Gasteiger partial charge on any atom is -0.494 e. The molecule has 1 heterocycles. The Balaban J connectivity index is 1.40. The SMILES string of the molecule is CCOC(=O)c1c(NC(=O)C(=O)N/N=C\c2ccc(OC(=O)c3ccc(OCC)cc3)c(OCC)c2)sc2c1CC[C@H](C)C2. The van der Waals surface area contributed by atoms with Crippen LogP contribution in [0.1, 0.15) is 70.8 Å². The molecule has 0 unspecified atom stereocenters. The summed E-state index contributed by atoms with van der Waals surface area (Å²) in [6.45, 7) is 8.53. The number of rotatable bonds is 11. The van der Waals surface area contributed by atoms with E-state index in [4.69, 9.17) is 18.9 Å². The van der Waals surface area contributed by atoms with Crippen molar-refractivity contribution < 1.29 is 38.1 Å². The molecule has 2 aromatic carbocycles. The molecular formula is C32H35N3O8S. The van der Waals surface area contributed by atoms with Gasteiger partial charge in [0.2, 0.25) is 0 Å². The van der Waals surface area contributed by atoms with Crippen LogP contribution in [-0.4, -0.2) is 49.8 Å². The number of hydrazone groups is 1. The normalized spacial score (nSPS) is 14.0. The van der Waals surface area contributed by atoms with Crippen LogP contribution in [0.3, 0.4) is 0 Å². The van der Waals surface area contributed by atoms with Gasteiger partial charge in [0.15, 0.2) is 11.5 Å². The van der Waals surface area contributed by atoms with Gasteiger partial charge >= 0.3 is 23.8 Å². The Labute approximate surface area is 259 Å². The summed E-state index contributed by atoms with van der Waals surface area (Å²) >= 11 is 1.29. The maximum absolute atomic E-state index is 12.7. The monoisotopic (exact) mass is 621 g/mol. The second kappa shape index (κ2) is 15.1. The topological polar surface area (TPSA) is 142 Å². The lowest BCUT2D eigenvalue weighted by Gasteiger charge is -2.18. The van der Waals surface area contributed by atoms with E-state index < -0.39 is 23.8 Å². The number of nitrogens with zero attached hydrogens (tertiary/aromatic N) is 1. The molecule has 1 atom stereocenters. The number of ether oxygens (including phenoxy) is 4. The Morgan fingerprint density at radius 3 is 2.39 bits per heavy atom. The quantitative estimate of drug-likeness (QED) is 0.0984. The van der Waals surface area contributed by atoms with Crippen molar-refractivity contribution in [2.75, 3.05) is 25.1 Å². The molecule has 0 aliphatic heterocycles. The van der Waals surface area contributed by atoms with Crippen molar-refractivity contribution in [3.63, 3.8) is 0 Å². The highest BCUT2D eigenvalue weighted by Gasteiger charge is 2.30. The van der Waals surface area contributed by atoms with E-state index in [9.17, 15) is 19.2 Å². The van der Waals surface area contributed by atoms with Crippen LogP contribution in [-0.2, 0) is 27.2 Å². The summed E-state index contributed by atoms with van der Waals surface area (Å²) in [5.74, 6) is -1.46. The molecule has 1 aromatic heterocycles. The third-order valence-electron chi connectivity index (χ3n) is 6.68. The van der Waals surface area contributed by atoms with Crippen molar-refractivity contribution in [3.8, 4) is 17.2 Å². The third kappa shape index (κ3) is 8.01. The predicted octanol–water partition coefficient (Wildman–Crippen LogP) is 5.16. The Bertz CT molecular complexity index is 1550. The first-order valence-corrected chi connectivity index (χ1v) is 15.2. The number of hydrogen-bond donors (Lipinski definition) is 2. The lowest BCUT2D eigenvalue weighted by molar-refractivity contribution is -0.136. The number of nitrogens with one attached hydrogen (secondary N) is 2. The van der Waals surface area contributed by atoms with Gasteiger partial charge in [-0.05, 0) is 99.5 Å². The molecule has 44 heavy (non-hydrogen) atoms. The molecule has 11 nitrogen and oxygen atoms in total. The van der Waals surface area contributed by atoms with Crippen molar-refractivity contribution in [1.82, 2.24) is 5.43 Å². The number of fused-ring (bicyclic) bond motifs is 1. The van der Waals surface area contributed by atoms with E-state index >= 15 is 0 Å². The summed E-state index contributed by atoms with van der Waals surface area (Å²) in [5.41, 5.74) is 4.24. The first-order chi connectivity index (χ1) is 21.2. The van der Waals surface area contributed by atoms with E-state index in [1.807, 2.05) is 6.92 Å². The summed E-state index contributed by atoms with van der Waals surface area (Å²) in [4.78, 5) is 51.6. The lowest BCUT2D eigenvalue weighted by atomic mass is 9.88. The van der Waals surface area contributed by atoms with Crippen LogP contribution in [0.4, 0.5) is 5.00 Å². The van der Waals surface area contributed by atoms with Gasteiger partial charge in [-0.15, -0.1) is 11.3 Å². The van der Waals surface area contributed by atoms with Crippen LogP contribution < -0.4 is 25.0 Å².